The van der Waals surface area contributed by atoms with E-state index in [1.807, 2.05) is 39.0 Å². The van der Waals surface area contributed by atoms with Crippen molar-refractivity contribution in [2.24, 2.45) is 0 Å². The number of para-hydroxylation sites is 1. The molecule has 5 nitrogen and oxygen atoms in total. The lowest BCUT2D eigenvalue weighted by molar-refractivity contribution is 0.254. The quantitative estimate of drug-likeness (QED) is 0.805. The van der Waals surface area contributed by atoms with E-state index >= 15 is 0 Å². The van der Waals surface area contributed by atoms with Gasteiger partial charge in [0.25, 0.3) is 5.56 Å². The highest BCUT2D eigenvalue weighted by Gasteiger charge is 2.12. The summed E-state index contributed by atoms with van der Waals surface area (Å²) < 4.78 is 7.54. The van der Waals surface area contributed by atoms with Gasteiger partial charge in [0.05, 0.1) is 17.9 Å². The molecule has 0 saturated heterocycles. The van der Waals surface area contributed by atoms with E-state index in [9.17, 15) is 4.79 Å². The Bertz CT molecular complexity index is 843. The highest BCUT2D eigenvalue weighted by Crippen LogP contribution is 2.23. The third-order valence-corrected chi connectivity index (χ3v) is 3.85. The summed E-state index contributed by atoms with van der Waals surface area (Å²) in [6.07, 6.45) is 3.30. The molecular weight excluding hydrogens is 278 g/mol. The molecule has 0 aliphatic rings. The predicted octanol–water partition coefficient (Wildman–Crippen LogP) is 2.98. The number of rotatable bonds is 4. The van der Waals surface area contributed by atoms with Crippen molar-refractivity contribution >= 4 is 11.0 Å². The number of aryl methyl sites for hydroxylation is 2. The third kappa shape index (κ3) is 2.50. The SMILES string of the molecule is Cc1cccc(C)c1OCC(C)n1cnc2cc[nH]c2c1=O. The monoisotopic (exact) mass is 297 g/mol. The van der Waals surface area contributed by atoms with E-state index in [0.717, 1.165) is 16.9 Å². The highest BCUT2D eigenvalue weighted by molar-refractivity contribution is 5.73. The number of fused-ring (bicyclic) bond motifs is 1. The molecule has 1 unspecified atom stereocenters. The second kappa shape index (κ2) is 5.67. The molecule has 2 heterocycles. The summed E-state index contributed by atoms with van der Waals surface area (Å²) in [5.41, 5.74) is 3.33. The second-order valence-corrected chi connectivity index (χ2v) is 5.58. The lowest BCUT2D eigenvalue weighted by Gasteiger charge is -2.18. The molecule has 1 N–H and O–H groups in total. The maximum Gasteiger partial charge on any atom is 0.278 e. The summed E-state index contributed by atoms with van der Waals surface area (Å²) in [5.74, 6) is 0.885. The minimum Gasteiger partial charge on any atom is -0.491 e. The summed E-state index contributed by atoms with van der Waals surface area (Å²) >= 11 is 0. The molecule has 0 amide bonds. The van der Waals surface area contributed by atoms with Crippen LogP contribution in [-0.4, -0.2) is 21.1 Å². The van der Waals surface area contributed by atoms with Crippen molar-refractivity contribution < 1.29 is 4.74 Å². The first kappa shape index (κ1) is 14.4. The van der Waals surface area contributed by atoms with Crippen LogP contribution in [0.25, 0.3) is 11.0 Å². The highest BCUT2D eigenvalue weighted by atomic mass is 16.5. The number of H-pyrrole nitrogens is 1. The Labute approximate surface area is 128 Å². The molecule has 1 atom stereocenters. The Morgan fingerprint density at radius 2 is 2.00 bits per heavy atom. The standard InChI is InChI=1S/C17H19N3O2/c1-11-5-4-6-12(2)16(11)22-9-13(3)20-10-19-14-7-8-18-15(14)17(20)21/h4-8,10,13,18H,9H2,1-3H3. The van der Waals surface area contributed by atoms with Crippen molar-refractivity contribution in [2.45, 2.75) is 26.8 Å². The van der Waals surface area contributed by atoms with Gasteiger partial charge in [-0.15, -0.1) is 0 Å². The fourth-order valence-corrected chi connectivity index (χ4v) is 2.57. The van der Waals surface area contributed by atoms with Gasteiger partial charge >= 0.3 is 0 Å². The van der Waals surface area contributed by atoms with Gasteiger partial charge in [0.1, 0.15) is 17.9 Å². The van der Waals surface area contributed by atoms with E-state index in [2.05, 4.69) is 9.97 Å². The Kier molecular flexibility index (Phi) is 3.71. The molecule has 0 aliphatic carbocycles. The van der Waals surface area contributed by atoms with E-state index in [1.165, 1.54) is 0 Å². The van der Waals surface area contributed by atoms with Crippen LogP contribution in [0.3, 0.4) is 0 Å². The molecule has 0 spiro atoms. The fourth-order valence-electron chi connectivity index (χ4n) is 2.57. The number of hydrogen-bond donors (Lipinski definition) is 1. The van der Waals surface area contributed by atoms with Gasteiger partial charge in [-0.2, -0.15) is 0 Å². The van der Waals surface area contributed by atoms with Crippen LogP contribution in [-0.2, 0) is 0 Å². The Balaban J connectivity index is 1.83. The Morgan fingerprint density at radius 3 is 2.73 bits per heavy atom. The van der Waals surface area contributed by atoms with Gasteiger partial charge in [-0.25, -0.2) is 4.98 Å². The van der Waals surface area contributed by atoms with Gasteiger partial charge in [0.2, 0.25) is 0 Å². The van der Waals surface area contributed by atoms with Crippen LogP contribution in [0.2, 0.25) is 0 Å². The van der Waals surface area contributed by atoms with Crippen LogP contribution in [0.5, 0.6) is 5.75 Å². The van der Waals surface area contributed by atoms with E-state index in [1.54, 1.807) is 23.2 Å². The molecule has 0 bridgehead atoms. The number of aromatic nitrogens is 3. The topological polar surface area (TPSA) is 59.9 Å². The van der Waals surface area contributed by atoms with Gasteiger partial charge in [-0.1, -0.05) is 18.2 Å². The van der Waals surface area contributed by atoms with Crippen LogP contribution in [0, 0.1) is 13.8 Å². The number of ether oxygens (including phenoxy) is 1. The zero-order chi connectivity index (χ0) is 15.7. The van der Waals surface area contributed by atoms with Crippen molar-refractivity contribution in [1.29, 1.82) is 0 Å². The molecule has 0 fully saturated rings. The minimum atomic E-state index is -0.105. The summed E-state index contributed by atoms with van der Waals surface area (Å²) in [6.45, 7) is 6.41. The molecule has 0 saturated carbocycles. The molecule has 22 heavy (non-hydrogen) atoms. The van der Waals surface area contributed by atoms with E-state index in [4.69, 9.17) is 4.74 Å². The smallest absolute Gasteiger partial charge is 0.278 e. The van der Waals surface area contributed by atoms with Crippen LogP contribution in [0.1, 0.15) is 24.1 Å². The summed E-state index contributed by atoms with van der Waals surface area (Å²) in [6, 6.07) is 7.73. The van der Waals surface area contributed by atoms with Crippen molar-refractivity contribution in [3.8, 4) is 5.75 Å². The molecule has 2 aromatic heterocycles. The van der Waals surface area contributed by atoms with Crippen molar-refractivity contribution in [1.82, 2.24) is 14.5 Å². The van der Waals surface area contributed by atoms with Crippen molar-refractivity contribution in [2.75, 3.05) is 6.61 Å². The van der Waals surface area contributed by atoms with E-state index in [0.29, 0.717) is 17.6 Å². The minimum absolute atomic E-state index is 0.0763. The van der Waals surface area contributed by atoms with Crippen LogP contribution in [0.4, 0.5) is 0 Å². The average Bonchev–Trinajstić information content (AvgIpc) is 2.96. The molecule has 0 radical (unpaired) electrons. The van der Waals surface area contributed by atoms with E-state index < -0.39 is 0 Å². The second-order valence-electron chi connectivity index (χ2n) is 5.58. The van der Waals surface area contributed by atoms with Crippen LogP contribution in [0.15, 0.2) is 41.6 Å². The van der Waals surface area contributed by atoms with Gasteiger partial charge in [-0.3, -0.25) is 9.36 Å². The molecule has 0 aliphatic heterocycles. The van der Waals surface area contributed by atoms with Gasteiger partial charge in [0, 0.05) is 6.20 Å². The molecule has 3 rings (SSSR count). The zero-order valence-corrected chi connectivity index (χ0v) is 13.0. The van der Waals surface area contributed by atoms with Gasteiger partial charge < -0.3 is 9.72 Å². The fraction of sp³-hybridized carbons (Fsp3) is 0.294. The molecule has 5 heteroatoms. The number of benzene rings is 1. The summed E-state index contributed by atoms with van der Waals surface area (Å²) in [7, 11) is 0. The first-order valence-electron chi connectivity index (χ1n) is 7.31. The Morgan fingerprint density at radius 1 is 1.27 bits per heavy atom. The first-order valence-corrected chi connectivity index (χ1v) is 7.31. The maximum absolute atomic E-state index is 12.4. The van der Waals surface area contributed by atoms with Crippen LogP contribution < -0.4 is 10.3 Å². The summed E-state index contributed by atoms with van der Waals surface area (Å²) in [5, 5.41) is 0. The zero-order valence-electron chi connectivity index (χ0n) is 13.0. The summed E-state index contributed by atoms with van der Waals surface area (Å²) in [4.78, 5) is 19.6. The van der Waals surface area contributed by atoms with Crippen LogP contribution >= 0.6 is 0 Å². The normalized spacial score (nSPS) is 12.5. The van der Waals surface area contributed by atoms with Crippen molar-refractivity contribution in [3.63, 3.8) is 0 Å². The first-order chi connectivity index (χ1) is 10.6. The lowest BCUT2D eigenvalue weighted by Crippen LogP contribution is -2.27. The van der Waals surface area contributed by atoms with E-state index in [-0.39, 0.29) is 11.6 Å². The Hall–Kier alpha value is -2.56. The number of nitrogens with one attached hydrogen (secondary N) is 1. The van der Waals surface area contributed by atoms with Gasteiger partial charge in [-0.05, 0) is 38.0 Å². The number of nitrogens with zero attached hydrogens (tertiary/aromatic N) is 2. The number of aromatic amines is 1. The van der Waals surface area contributed by atoms with Gasteiger partial charge in [0.15, 0.2) is 0 Å². The van der Waals surface area contributed by atoms with Crippen molar-refractivity contribution in [3.05, 3.63) is 58.3 Å². The largest absolute Gasteiger partial charge is 0.491 e. The maximum atomic E-state index is 12.4. The molecular formula is C17H19N3O2. The lowest BCUT2D eigenvalue weighted by atomic mass is 10.1. The molecule has 3 aromatic rings. The third-order valence-electron chi connectivity index (χ3n) is 3.85. The predicted molar refractivity (Wildman–Crippen MR) is 86.5 cm³/mol. The number of hydrogen-bond acceptors (Lipinski definition) is 3. The molecule has 114 valence electrons. The molecule has 1 aromatic carbocycles. The average molecular weight is 297 g/mol.